The van der Waals surface area contributed by atoms with E-state index in [2.05, 4.69) is 43.4 Å². The van der Waals surface area contributed by atoms with Crippen LogP contribution in [0.5, 0.6) is 0 Å². The second-order valence-corrected chi connectivity index (χ2v) is 6.05. The quantitative estimate of drug-likeness (QED) is 0.756. The molecule has 2 aromatic rings. The molecule has 1 N–H and O–H groups in total. The predicted octanol–water partition coefficient (Wildman–Crippen LogP) is 3.67. The maximum atomic E-state index is 5.06. The van der Waals surface area contributed by atoms with E-state index < -0.39 is 0 Å². The summed E-state index contributed by atoms with van der Waals surface area (Å²) in [5.74, 6) is 0. The lowest BCUT2D eigenvalue weighted by Crippen LogP contribution is -2.18. The fourth-order valence-electron chi connectivity index (χ4n) is 2.18. The average molecular weight is 304 g/mol. The predicted molar refractivity (Wildman–Crippen MR) is 89.9 cm³/mol. The van der Waals surface area contributed by atoms with E-state index in [9.17, 15) is 0 Å². The highest BCUT2D eigenvalue weighted by Crippen LogP contribution is 2.28. The van der Waals surface area contributed by atoms with Crippen LogP contribution in [0, 0.1) is 0 Å². The van der Waals surface area contributed by atoms with Crippen LogP contribution in [0.2, 0.25) is 0 Å². The largest absolute Gasteiger partial charge is 0.383 e. The van der Waals surface area contributed by atoms with Crippen molar-refractivity contribution in [3.63, 3.8) is 0 Å². The summed E-state index contributed by atoms with van der Waals surface area (Å²) in [5.41, 5.74) is 3.79. The van der Waals surface area contributed by atoms with Crippen molar-refractivity contribution >= 4 is 11.3 Å². The zero-order valence-electron chi connectivity index (χ0n) is 13.1. The van der Waals surface area contributed by atoms with Crippen molar-refractivity contribution in [3.05, 3.63) is 40.4 Å². The number of methoxy groups -OCH3 is 1. The molecule has 0 unspecified atom stereocenters. The van der Waals surface area contributed by atoms with Crippen molar-refractivity contribution in [2.75, 3.05) is 20.3 Å². The standard InChI is InChI=1S/C17H24N2OS/c1-4-13-6-8-14(9-7-13)17-19-15(5-2)16(21-17)12-18-10-11-20-3/h6-9,18H,4-5,10-12H2,1-3H3. The summed E-state index contributed by atoms with van der Waals surface area (Å²) in [4.78, 5) is 6.14. The van der Waals surface area contributed by atoms with E-state index in [1.807, 2.05) is 0 Å². The van der Waals surface area contributed by atoms with Gasteiger partial charge in [-0.2, -0.15) is 0 Å². The number of aromatic nitrogens is 1. The Hall–Kier alpha value is -1.23. The van der Waals surface area contributed by atoms with Gasteiger partial charge in [-0.05, 0) is 18.4 Å². The normalized spacial score (nSPS) is 11.0. The summed E-state index contributed by atoms with van der Waals surface area (Å²) in [6.07, 6.45) is 2.05. The first-order chi connectivity index (χ1) is 10.3. The van der Waals surface area contributed by atoms with Crippen molar-refractivity contribution < 1.29 is 4.74 Å². The lowest BCUT2D eigenvalue weighted by atomic mass is 10.1. The van der Waals surface area contributed by atoms with E-state index in [-0.39, 0.29) is 0 Å². The van der Waals surface area contributed by atoms with E-state index >= 15 is 0 Å². The first-order valence-corrected chi connectivity index (χ1v) is 8.37. The Morgan fingerprint density at radius 2 is 1.90 bits per heavy atom. The molecule has 114 valence electrons. The Labute approximate surface area is 131 Å². The highest BCUT2D eigenvalue weighted by atomic mass is 32.1. The van der Waals surface area contributed by atoms with Gasteiger partial charge in [-0.15, -0.1) is 11.3 Å². The van der Waals surface area contributed by atoms with E-state index in [4.69, 9.17) is 9.72 Å². The Balaban J connectivity index is 2.11. The van der Waals surface area contributed by atoms with Crippen LogP contribution in [0.25, 0.3) is 10.6 Å². The first kappa shape index (κ1) is 16.1. The van der Waals surface area contributed by atoms with E-state index in [0.29, 0.717) is 0 Å². The van der Waals surface area contributed by atoms with Crippen LogP contribution in [-0.2, 0) is 24.1 Å². The number of benzene rings is 1. The van der Waals surface area contributed by atoms with Gasteiger partial charge < -0.3 is 10.1 Å². The number of nitrogens with zero attached hydrogens (tertiary/aromatic N) is 1. The Kier molecular flexibility index (Phi) is 6.36. The Morgan fingerprint density at radius 1 is 1.14 bits per heavy atom. The van der Waals surface area contributed by atoms with E-state index in [1.165, 1.54) is 21.7 Å². The molecule has 0 bridgehead atoms. The van der Waals surface area contributed by atoms with Gasteiger partial charge in [0, 0.05) is 30.6 Å². The Morgan fingerprint density at radius 3 is 2.52 bits per heavy atom. The number of hydrogen-bond acceptors (Lipinski definition) is 4. The van der Waals surface area contributed by atoms with Gasteiger partial charge in [-0.1, -0.05) is 38.1 Å². The number of ether oxygens (including phenoxy) is 1. The van der Waals surface area contributed by atoms with Gasteiger partial charge in [0.25, 0.3) is 0 Å². The third-order valence-electron chi connectivity index (χ3n) is 3.49. The molecule has 0 saturated heterocycles. The van der Waals surface area contributed by atoms with Crippen LogP contribution in [0.1, 0.15) is 30.0 Å². The molecule has 0 aliphatic carbocycles. The van der Waals surface area contributed by atoms with Crippen molar-refractivity contribution in [1.82, 2.24) is 10.3 Å². The minimum atomic E-state index is 0.742. The summed E-state index contributed by atoms with van der Waals surface area (Å²) in [6, 6.07) is 8.75. The SMILES string of the molecule is CCc1ccc(-c2nc(CC)c(CNCCOC)s2)cc1. The van der Waals surface area contributed by atoms with Crippen LogP contribution in [-0.4, -0.2) is 25.2 Å². The molecule has 21 heavy (non-hydrogen) atoms. The van der Waals surface area contributed by atoms with Crippen molar-refractivity contribution in [2.45, 2.75) is 33.2 Å². The maximum Gasteiger partial charge on any atom is 0.123 e. The molecule has 1 aromatic heterocycles. The number of thiazole rings is 1. The Bertz CT molecular complexity index is 548. The monoisotopic (exact) mass is 304 g/mol. The van der Waals surface area contributed by atoms with Gasteiger partial charge in [-0.25, -0.2) is 4.98 Å². The maximum absolute atomic E-state index is 5.06. The van der Waals surface area contributed by atoms with E-state index in [1.54, 1.807) is 18.4 Å². The average Bonchev–Trinajstić information content (AvgIpc) is 2.95. The molecule has 0 fully saturated rings. The lowest BCUT2D eigenvalue weighted by Gasteiger charge is -2.02. The molecule has 3 nitrogen and oxygen atoms in total. The number of aryl methyl sites for hydroxylation is 2. The summed E-state index contributed by atoms with van der Waals surface area (Å²) in [6.45, 7) is 6.83. The second kappa shape index (κ2) is 8.27. The highest BCUT2D eigenvalue weighted by Gasteiger charge is 2.11. The molecule has 4 heteroatoms. The zero-order valence-corrected chi connectivity index (χ0v) is 13.9. The van der Waals surface area contributed by atoms with Gasteiger partial charge in [0.05, 0.1) is 12.3 Å². The van der Waals surface area contributed by atoms with E-state index in [0.717, 1.165) is 37.5 Å². The van der Waals surface area contributed by atoms with Gasteiger partial charge in [-0.3, -0.25) is 0 Å². The molecule has 0 radical (unpaired) electrons. The molecule has 0 aliphatic heterocycles. The third kappa shape index (κ3) is 4.37. The number of hydrogen-bond donors (Lipinski definition) is 1. The molecule has 0 saturated carbocycles. The molecule has 1 heterocycles. The second-order valence-electron chi connectivity index (χ2n) is 4.96. The summed E-state index contributed by atoms with van der Waals surface area (Å²) < 4.78 is 5.06. The smallest absolute Gasteiger partial charge is 0.123 e. The molecule has 0 aliphatic rings. The van der Waals surface area contributed by atoms with Crippen molar-refractivity contribution in [1.29, 1.82) is 0 Å². The summed E-state index contributed by atoms with van der Waals surface area (Å²) >= 11 is 1.79. The van der Waals surface area contributed by atoms with Crippen molar-refractivity contribution in [2.24, 2.45) is 0 Å². The highest BCUT2D eigenvalue weighted by molar-refractivity contribution is 7.15. The van der Waals surface area contributed by atoms with Crippen LogP contribution in [0.3, 0.4) is 0 Å². The van der Waals surface area contributed by atoms with Gasteiger partial charge in [0.2, 0.25) is 0 Å². The summed E-state index contributed by atoms with van der Waals surface area (Å²) in [5, 5.41) is 4.53. The fraction of sp³-hybridized carbons (Fsp3) is 0.471. The summed E-state index contributed by atoms with van der Waals surface area (Å²) in [7, 11) is 1.73. The topological polar surface area (TPSA) is 34.2 Å². The van der Waals surface area contributed by atoms with Crippen molar-refractivity contribution in [3.8, 4) is 10.6 Å². The zero-order chi connectivity index (χ0) is 15.1. The number of nitrogens with one attached hydrogen (secondary N) is 1. The van der Waals surface area contributed by atoms with Crippen LogP contribution < -0.4 is 5.32 Å². The van der Waals surface area contributed by atoms with Crippen LogP contribution in [0.15, 0.2) is 24.3 Å². The van der Waals surface area contributed by atoms with Crippen LogP contribution >= 0.6 is 11.3 Å². The van der Waals surface area contributed by atoms with Crippen LogP contribution in [0.4, 0.5) is 0 Å². The third-order valence-corrected chi connectivity index (χ3v) is 4.64. The molecular weight excluding hydrogens is 280 g/mol. The molecule has 0 amide bonds. The van der Waals surface area contributed by atoms with Gasteiger partial charge in [0.1, 0.15) is 5.01 Å². The minimum absolute atomic E-state index is 0.742. The number of rotatable bonds is 8. The van der Waals surface area contributed by atoms with Gasteiger partial charge in [0.15, 0.2) is 0 Å². The molecule has 1 aromatic carbocycles. The van der Waals surface area contributed by atoms with Gasteiger partial charge >= 0.3 is 0 Å². The minimum Gasteiger partial charge on any atom is -0.383 e. The first-order valence-electron chi connectivity index (χ1n) is 7.56. The molecule has 2 rings (SSSR count). The lowest BCUT2D eigenvalue weighted by molar-refractivity contribution is 0.199. The molecule has 0 spiro atoms. The molecule has 0 atom stereocenters. The molecular formula is C17H24N2OS. The fourth-order valence-corrected chi connectivity index (χ4v) is 3.31.